The highest BCUT2D eigenvalue weighted by molar-refractivity contribution is 7.99. The van der Waals surface area contributed by atoms with Gasteiger partial charge in [0.1, 0.15) is 5.82 Å². The SMILES string of the molecule is CCn1c(CC23CC4CC(CC(C4)C2)C3)nnc1SCC(=O)Nc1cc(Cl)cc(Cl)c1. The average Bonchev–Trinajstić information content (AvgIpc) is 3.05. The van der Waals surface area contributed by atoms with E-state index in [1.807, 2.05) is 0 Å². The molecule has 1 aromatic heterocycles. The van der Waals surface area contributed by atoms with E-state index in [2.05, 4.69) is 27.0 Å². The quantitative estimate of drug-likeness (QED) is 0.488. The fourth-order valence-corrected chi connectivity index (χ4v) is 8.02. The molecule has 0 radical (unpaired) electrons. The van der Waals surface area contributed by atoms with Gasteiger partial charge in [0.2, 0.25) is 5.91 Å². The van der Waals surface area contributed by atoms with Crippen LogP contribution in [0, 0.1) is 23.2 Å². The molecule has 31 heavy (non-hydrogen) atoms. The van der Waals surface area contributed by atoms with E-state index >= 15 is 0 Å². The number of benzene rings is 1. The van der Waals surface area contributed by atoms with Crippen LogP contribution in [0.5, 0.6) is 0 Å². The van der Waals surface area contributed by atoms with Crippen LogP contribution in [0.2, 0.25) is 10.0 Å². The highest BCUT2D eigenvalue weighted by Crippen LogP contribution is 2.61. The lowest BCUT2D eigenvalue weighted by Gasteiger charge is -2.56. The minimum absolute atomic E-state index is 0.114. The molecule has 0 saturated heterocycles. The Kier molecular flexibility index (Phi) is 5.99. The summed E-state index contributed by atoms with van der Waals surface area (Å²) < 4.78 is 2.20. The molecule has 2 aromatic rings. The van der Waals surface area contributed by atoms with Crippen molar-refractivity contribution in [2.24, 2.45) is 23.2 Å². The second-order valence-electron chi connectivity index (χ2n) is 9.73. The topological polar surface area (TPSA) is 59.8 Å². The Morgan fingerprint density at radius 3 is 2.29 bits per heavy atom. The third kappa shape index (κ3) is 4.62. The third-order valence-corrected chi connectivity index (χ3v) is 8.69. The van der Waals surface area contributed by atoms with E-state index in [4.69, 9.17) is 23.2 Å². The molecule has 0 unspecified atom stereocenters. The smallest absolute Gasteiger partial charge is 0.234 e. The van der Waals surface area contributed by atoms with Gasteiger partial charge in [-0.1, -0.05) is 35.0 Å². The number of halogens is 2. The fraction of sp³-hybridized carbons (Fsp3) is 0.609. The minimum Gasteiger partial charge on any atom is -0.325 e. The maximum Gasteiger partial charge on any atom is 0.234 e. The van der Waals surface area contributed by atoms with Crippen molar-refractivity contribution in [3.63, 3.8) is 0 Å². The number of thioether (sulfide) groups is 1. The summed E-state index contributed by atoms with van der Waals surface area (Å²) in [4.78, 5) is 12.4. The van der Waals surface area contributed by atoms with E-state index in [-0.39, 0.29) is 11.7 Å². The first-order chi connectivity index (χ1) is 14.9. The fourth-order valence-electron chi connectivity index (χ4n) is 6.67. The summed E-state index contributed by atoms with van der Waals surface area (Å²) in [6.07, 6.45) is 9.48. The molecule has 166 valence electrons. The maximum absolute atomic E-state index is 12.4. The van der Waals surface area contributed by atoms with Gasteiger partial charge < -0.3 is 9.88 Å². The van der Waals surface area contributed by atoms with Crippen LogP contribution in [-0.4, -0.2) is 26.4 Å². The van der Waals surface area contributed by atoms with Crippen LogP contribution >= 0.6 is 35.0 Å². The van der Waals surface area contributed by atoms with Gasteiger partial charge >= 0.3 is 0 Å². The van der Waals surface area contributed by atoms with Crippen molar-refractivity contribution in [1.82, 2.24) is 14.8 Å². The summed E-state index contributed by atoms with van der Waals surface area (Å²) in [5.74, 6) is 4.04. The zero-order chi connectivity index (χ0) is 21.6. The van der Waals surface area contributed by atoms with Crippen LogP contribution in [0.1, 0.15) is 51.3 Å². The van der Waals surface area contributed by atoms with Gasteiger partial charge in [-0.25, -0.2) is 0 Å². The lowest BCUT2D eigenvalue weighted by molar-refractivity contribution is -0.113. The standard InChI is InChI=1S/C23H28Cl2N4OS/c1-2-29-20(12-23-9-14-3-15(10-23)5-16(4-14)11-23)27-28-22(29)31-13-21(30)26-19-7-17(24)6-18(25)8-19/h6-8,14-16H,2-5,9-13H2,1H3,(H,26,30). The molecule has 1 amide bonds. The van der Waals surface area contributed by atoms with Crippen molar-refractivity contribution in [1.29, 1.82) is 0 Å². The number of nitrogens with one attached hydrogen (secondary N) is 1. The molecule has 4 aliphatic rings. The van der Waals surface area contributed by atoms with Crippen LogP contribution in [0.25, 0.3) is 0 Å². The molecule has 8 heteroatoms. The first kappa shape index (κ1) is 21.6. The van der Waals surface area contributed by atoms with Crippen molar-refractivity contribution in [2.45, 2.75) is 63.6 Å². The lowest BCUT2D eigenvalue weighted by atomic mass is 9.49. The second-order valence-corrected chi connectivity index (χ2v) is 11.5. The number of rotatable bonds is 7. The Bertz CT molecular complexity index is 936. The molecule has 4 aliphatic carbocycles. The van der Waals surface area contributed by atoms with Gasteiger partial charge in [-0.2, -0.15) is 0 Å². The van der Waals surface area contributed by atoms with Gasteiger partial charge in [-0.05, 0) is 86.8 Å². The normalized spacial score (nSPS) is 28.8. The third-order valence-electron chi connectivity index (χ3n) is 7.29. The molecule has 0 aliphatic heterocycles. The number of carbonyl (C=O) groups is 1. The van der Waals surface area contributed by atoms with Crippen molar-refractivity contribution in [3.8, 4) is 0 Å². The molecule has 5 nitrogen and oxygen atoms in total. The molecule has 4 saturated carbocycles. The second kappa shape index (κ2) is 8.60. The summed E-state index contributed by atoms with van der Waals surface area (Å²) in [6.45, 7) is 2.95. The zero-order valence-corrected chi connectivity index (χ0v) is 20.1. The number of amides is 1. The first-order valence-electron chi connectivity index (χ1n) is 11.2. The van der Waals surface area contributed by atoms with Crippen LogP contribution < -0.4 is 5.32 Å². The van der Waals surface area contributed by atoms with Crippen LogP contribution in [0.3, 0.4) is 0 Å². The summed E-state index contributed by atoms with van der Waals surface area (Å²) >= 11 is 13.5. The Hall–Kier alpha value is -1.24. The predicted molar refractivity (Wildman–Crippen MR) is 126 cm³/mol. The van der Waals surface area contributed by atoms with Crippen LogP contribution in [0.4, 0.5) is 5.69 Å². The Morgan fingerprint density at radius 1 is 1.10 bits per heavy atom. The largest absolute Gasteiger partial charge is 0.325 e. The molecule has 0 spiro atoms. The van der Waals surface area contributed by atoms with Gasteiger partial charge in [0, 0.05) is 28.7 Å². The Labute approximate surface area is 197 Å². The number of nitrogens with zero attached hydrogens (tertiary/aromatic N) is 3. The van der Waals surface area contributed by atoms with E-state index in [0.29, 0.717) is 21.1 Å². The van der Waals surface area contributed by atoms with E-state index < -0.39 is 0 Å². The average molecular weight is 479 g/mol. The monoisotopic (exact) mass is 478 g/mol. The minimum atomic E-state index is -0.114. The van der Waals surface area contributed by atoms with Gasteiger partial charge in [0.25, 0.3) is 0 Å². The molecular weight excluding hydrogens is 451 g/mol. The number of aromatic nitrogens is 3. The number of hydrogen-bond donors (Lipinski definition) is 1. The number of anilines is 1. The Morgan fingerprint density at radius 2 is 1.71 bits per heavy atom. The van der Waals surface area contributed by atoms with Crippen molar-refractivity contribution in [3.05, 3.63) is 34.1 Å². The van der Waals surface area contributed by atoms with Crippen molar-refractivity contribution in [2.75, 3.05) is 11.1 Å². The molecule has 1 aromatic carbocycles. The van der Waals surface area contributed by atoms with E-state index in [9.17, 15) is 4.79 Å². The highest BCUT2D eigenvalue weighted by Gasteiger charge is 2.51. The van der Waals surface area contributed by atoms with Gasteiger partial charge in [-0.15, -0.1) is 10.2 Å². The first-order valence-corrected chi connectivity index (χ1v) is 13.0. The van der Waals surface area contributed by atoms with Crippen LogP contribution in [-0.2, 0) is 17.8 Å². The Balaban J connectivity index is 1.24. The molecule has 6 rings (SSSR count). The zero-order valence-electron chi connectivity index (χ0n) is 17.7. The van der Waals surface area contributed by atoms with Crippen LogP contribution in [0.15, 0.2) is 23.4 Å². The molecule has 0 atom stereocenters. The summed E-state index contributed by atoms with van der Waals surface area (Å²) in [5.41, 5.74) is 1.03. The molecule has 4 fully saturated rings. The summed E-state index contributed by atoms with van der Waals surface area (Å²) in [5, 5.41) is 13.7. The molecular formula is C23H28Cl2N4OS. The molecule has 4 bridgehead atoms. The number of hydrogen-bond acceptors (Lipinski definition) is 4. The summed E-state index contributed by atoms with van der Waals surface area (Å²) in [6, 6.07) is 5.02. The van der Waals surface area contributed by atoms with Gasteiger partial charge in [0.15, 0.2) is 5.16 Å². The molecule has 1 heterocycles. The maximum atomic E-state index is 12.4. The van der Waals surface area contributed by atoms with Gasteiger partial charge in [-0.3, -0.25) is 4.79 Å². The van der Waals surface area contributed by atoms with Gasteiger partial charge in [0.05, 0.1) is 5.75 Å². The summed E-state index contributed by atoms with van der Waals surface area (Å²) in [7, 11) is 0. The number of carbonyl (C=O) groups excluding carboxylic acids is 1. The van der Waals surface area contributed by atoms with Crippen molar-refractivity contribution >= 4 is 46.6 Å². The van der Waals surface area contributed by atoms with E-state index in [1.165, 1.54) is 50.3 Å². The molecule has 1 N–H and O–H groups in total. The van der Waals surface area contributed by atoms with E-state index in [0.717, 1.165) is 41.7 Å². The highest BCUT2D eigenvalue weighted by atomic mass is 35.5. The van der Waals surface area contributed by atoms with E-state index in [1.54, 1.807) is 18.2 Å². The predicted octanol–water partition coefficient (Wildman–Crippen LogP) is 6.09. The van der Waals surface area contributed by atoms with Crippen molar-refractivity contribution < 1.29 is 4.79 Å². The lowest BCUT2D eigenvalue weighted by Crippen LogP contribution is -2.47.